The van der Waals surface area contributed by atoms with Gasteiger partial charge in [0.1, 0.15) is 0 Å². The molecule has 3 aromatic rings. The first-order valence-electron chi connectivity index (χ1n) is 7.56. The Kier molecular flexibility index (Phi) is 5.66. The number of rotatable bonds is 7. The van der Waals surface area contributed by atoms with Crippen molar-refractivity contribution in [1.82, 2.24) is 14.9 Å². The van der Waals surface area contributed by atoms with Crippen LogP contribution in [0.1, 0.15) is 16.2 Å². The molecule has 0 bridgehead atoms. The zero-order chi connectivity index (χ0) is 19.3. The topological polar surface area (TPSA) is 111 Å². The fraction of sp³-hybridized carbons (Fsp3) is 0.118. The second-order valence-electron chi connectivity index (χ2n) is 5.12. The van der Waals surface area contributed by atoms with Crippen molar-refractivity contribution in [3.05, 3.63) is 53.2 Å². The number of ether oxygens (including phenoxy) is 1. The number of sulfonamides is 1. The van der Waals surface area contributed by atoms with Crippen molar-refractivity contribution in [3.63, 3.8) is 0 Å². The van der Waals surface area contributed by atoms with Crippen LogP contribution < -0.4 is 4.72 Å². The van der Waals surface area contributed by atoms with Crippen molar-refractivity contribution in [3.8, 4) is 23.0 Å². The second-order valence-corrected chi connectivity index (χ2v) is 7.84. The second kappa shape index (κ2) is 8.13. The maximum Gasteiger partial charge on any atom is 0.338 e. The number of hydrogen-bond donors (Lipinski definition) is 1. The molecule has 2 heterocycles. The molecule has 0 saturated heterocycles. The van der Waals surface area contributed by atoms with Gasteiger partial charge in [-0.1, -0.05) is 23.2 Å². The third-order valence-electron chi connectivity index (χ3n) is 3.28. The molecular formula is C17H13N3O5S2. The lowest BCUT2D eigenvalue weighted by molar-refractivity contribution is 0.0429. The first kappa shape index (κ1) is 18.8. The van der Waals surface area contributed by atoms with E-state index >= 15 is 0 Å². The molecule has 10 heteroatoms. The van der Waals surface area contributed by atoms with Crippen molar-refractivity contribution in [2.24, 2.45) is 0 Å². The minimum Gasteiger partial charge on any atom is -0.452 e. The van der Waals surface area contributed by atoms with Gasteiger partial charge < -0.3 is 9.26 Å². The molecule has 138 valence electrons. The van der Waals surface area contributed by atoms with Gasteiger partial charge in [-0.25, -0.2) is 13.2 Å². The highest BCUT2D eigenvalue weighted by Crippen LogP contribution is 2.21. The first-order valence-corrected chi connectivity index (χ1v) is 9.92. The fourth-order valence-corrected chi connectivity index (χ4v) is 3.67. The van der Waals surface area contributed by atoms with Gasteiger partial charge in [0.05, 0.1) is 21.9 Å². The summed E-state index contributed by atoms with van der Waals surface area (Å²) < 4.78 is 36.5. The monoisotopic (exact) mass is 403 g/mol. The zero-order valence-corrected chi connectivity index (χ0v) is 15.4. The lowest BCUT2D eigenvalue weighted by Crippen LogP contribution is -2.24. The summed E-state index contributed by atoms with van der Waals surface area (Å²) in [5, 5.41) is 5.69. The molecule has 8 nitrogen and oxygen atoms in total. The summed E-state index contributed by atoms with van der Waals surface area (Å²) in [5.41, 5.74) is 0.0663. The Labute approximate surface area is 159 Å². The van der Waals surface area contributed by atoms with E-state index in [4.69, 9.17) is 15.7 Å². The zero-order valence-electron chi connectivity index (χ0n) is 13.8. The van der Waals surface area contributed by atoms with E-state index in [0.717, 1.165) is 4.88 Å². The molecule has 0 unspecified atom stereocenters. The molecule has 0 atom stereocenters. The molecule has 0 spiro atoms. The molecule has 27 heavy (non-hydrogen) atoms. The molecule has 0 aliphatic heterocycles. The van der Waals surface area contributed by atoms with Crippen LogP contribution in [0.2, 0.25) is 0 Å². The molecule has 0 saturated carbocycles. The Hall–Kier alpha value is -3.00. The highest BCUT2D eigenvalue weighted by atomic mass is 32.2. The third kappa shape index (κ3) is 4.59. The minimum atomic E-state index is -3.81. The number of benzene rings is 1. The molecule has 3 rings (SSSR count). The van der Waals surface area contributed by atoms with Gasteiger partial charge in [0, 0.05) is 0 Å². The first-order chi connectivity index (χ1) is 13.0. The average Bonchev–Trinajstić information content (AvgIpc) is 3.36. The Balaban J connectivity index is 1.67. The number of terminal acetylenes is 1. The number of nitrogens with zero attached hydrogens (tertiary/aromatic N) is 2. The Morgan fingerprint density at radius 1 is 1.33 bits per heavy atom. The maximum atomic E-state index is 12.2. The average molecular weight is 403 g/mol. The number of carbonyl (C=O) groups excluding carboxylic acids is 1. The Bertz CT molecular complexity index is 1080. The van der Waals surface area contributed by atoms with Crippen LogP contribution in [0.3, 0.4) is 0 Å². The predicted octanol–water partition coefficient (Wildman–Crippen LogP) is 2.07. The largest absolute Gasteiger partial charge is 0.452 e. The maximum absolute atomic E-state index is 12.2. The van der Waals surface area contributed by atoms with Gasteiger partial charge in [-0.15, -0.1) is 17.8 Å². The molecule has 0 amide bonds. The highest BCUT2D eigenvalue weighted by Gasteiger charge is 2.17. The van der Waals surface area contributed by atoms with E-state index in [9.17, 15) is 13.2 Å². The number of hydrogen-bond acceptors (Lipinski definition) is 8. The van der Waals surface area contributed by atoms with E-state index in [2.05, 4.69) is 20.8 Å². The van der Waals surface area contributed by atoms with Crippen LogP contribution >= 0.6 is 11.3 Å². The third-order valence-corrected chi connectivity index (χ3v) is 5.55. The molecule has 0 aliphatic rings. The number of carbonyl (C=O) groups is 1. The van der Waals surface area contributed by atoms with Crippen molar-refractivity contribution in [2.45, 2.75) is 11.5 Å². The lowest BCUT2D eigenvalue weighted by atomic mass is 10.2. The molecule has 1 N–H and O–H groups in total. The minimum absolute atomic E-state index is 0.0663. The van der Waals surface area contributed by atoms with Crippen molar-refractivity contribution in [2.75, 3.05) is 6.54 Å². The van der Waals surface area contributed by atoms with Gasteiger partial charge in [-0.05, 0) is 29.6 Å². The predicted molar refractivity (Wildman–Crippen MR) is 97.2 cm³/mol. The smallest absolute Gasteiger partial charge is 0.338 e. The molecule has 2 aromatic heterocycles. The van der Waals surface area contributed by atoms with Gasteiger partial charge >= 0.3 is 5.97 Å². The summed E-state index contributed by atoms with van der Waals surface area (Å²) >= 11 is 1.45. The number of nitrogens with one attached hydrogen (secondary N) is 1. The number of aromatic nitrogens is 2. The summed E-state index contributed by atoms with van der Waals surface area (Å²) in [6.45, 7) is -0.385. The summed E-state index contributed by atoms with van der Waals surface area (Å²) in [5.74, 6) is 1.99. The van der Waals surface area contributed by atoms with Crippen LogP contribution in [0.25, 0.3) is 10.7 Å². The van der Waals surface area contributed by atoms with Crippen molar-refractivity contribution in [1.29, 1.82) is 0 Å². The van der Waals surface area contributed by atoms with E-state index in [1.165, 1.54) is 35.6 Å². The van der Waals surface area contributed by atoms with Gasteiger partial charge in [0.2, 0.25) is 15.8 Å². The Morgan fingerprint density at radius 3 is 2.93 bits per heavy atom. The molecule has 0 aliphatic carbocycles. The van der Waals surface area contributed by atoms with Crippen molar-refractivity contribution < 1.29 is 22.5 Å². The van der Waals surface area contributed by atoms with Crippen LogP contribution in [-0.2, 0) is 21.4 Å². The fourth-order valence-electron chi connectivity index (χ4n) is 2.04. The van der Waals surface area contributed by atoms with Crippen LogP contribution in [-0.4, -0.2) is 31.1 Å². The van der Waals surface area contributed by atoms with Crippen molar-refractivity contribution >= 4 is 27.3 Å². The van der Waals surface area contributed by atoms with E-state index < -0.39 is 16.0 Å². The van der Waals surface area contributed by atoms with Gasteiger partial charge in [0.15, 0.2) is 6.61 Å². The normalized spacial score (nSPS) is 11.1. The summed E-state index contributed by atoms with van der Waals surface area (Å²) in [6.07, 6.45) is 5.05. The Morgan fingerprint density at radius 2 is 2.19 bits per heavy atom. The number of thiophene rings is 1. The number of esters is 1. The summed E-state index contributed by atoms with van der Waals surface area (Å²) in [6, 6.07) is 9.12. The quantitative estimate of drug-likeness (QED) is 0.475. The highest BCUT2D eigenvalue weighted by molar-refractivity contribution is 7.89. The molecule has 1 aromatic carbocycles. The molecule has 0 radical (unpaired) electrons. The van der Waals surface area contributed by atoms with Crippen LogP contribution in [0.15, 0.2) is 51.2 Å². The van der Waals surface area contributed by atoms with Gasteiger partial charge in [-0.2, -0.15) is 9.71 Å². The molecular weight excluding hydrogens is 390 g/mol. The summed E-state index contributed by atoms with van der Waals surface area (Å²) in [7, 11) is -3.81. The van der Waals surface area contributed by atoms with Crippen LogP contribution in [0.5, 0.6) is 0 Å². The van der Waals surface area contributed by atoms with E-state index in [1.807, 2.05) is 17.5 Å². The van der Waals surface area contributed by atoms with Gasteiger partial charge in [-0.3, -0.25) is 0 Å². The molecule has 0 fully saturated rings. The van der Waals surface area contributed by atoms with E-state index in [1.54, 1.807) is 0 Å². The SMILES string of the molecule is C#CCNS(=O)(=O)c1cccc(C(=O)OCc2nc(-c3cccs3)no2)c1. The van der Waals surface area contributed by atoms with E-state index in [-0.39, 0.29) is 29.5 Å². The van der Waals surface area contributed by atoms with Gasteiger partial charge in [0.25, 0.3) is 5.89 Å². The lowest BCUT2D eigenvalue weighted by Gasteiger charge is -2.06. The van der Waals surface area contributed by atoms with Crippen LogP contribution in [0.4, 0.5) is 0 Å². The summed E-state index contributed by atoms with van der Waals surface area (Å²) in [4.78, 5) is 17.1. The van der Waals surface area contributed by atoms with Crippen LogP contribution in [0, 0.1) is 12.3 Å². The van der Waals surface area contributed by atoms with E-state index in [0.29, 0.717) is 5.82 Å². The standard InChI is InChI=1S/C17H13N3O5S2/c1-2-8-18-27(22,23)13-6-3-5-12(10-13)17(21)24-11-15-19-16(20-25-15)14-7-4-9-26-14/h1,3-7,9-10,18H,8,11H2.